The molecule has 0 radical (unpaired) electrons. The lowest BCUT2D eigenvalue weighted by atomic mass is 10.0. The van der Waals surface area contributed by atoms with Gasteiger partial charge in [-0.05, 0) is 57.3 Å². The van der Waals surface area contributed by atoms with Crippen LogP contribution in [0.3, 0.4) is 0 Å². The maximum Gasteiger partial charge on any atom is 0.0292 e. The Morgan fingerprint density at radius 1 is 1.05 bits per heavy atom. The van der Waals surface area contributed by atoms with Crippen molar-refractivity contribution in [3.05, 3.63) is 35.4 Å². The van der Waals surface area contributed by atoms with Gasteiger partial charge in [-0.2, -0.15) is 0 Å². The van der Waals surface area contributed by atoms with Gasteiger partial charge in [0.2, 0.25) is 0 Å². The summed E-state index contributed by atoms with van der Waals surface area (Å²) in [5, 5.41) is 3.71. The van der Waals surface area contributed by atoms with E-state index in [1.807, 2.05) is 0 Å². The van der Waals surface area contributed by atoms with E-state index in [1.165, 1.54) is 56.3 Å². The molecule has 118 valence electrons. The Balaban J connectivity index is 1.78. The van der Waals surface area contributed by atoms with Crippen molar-refractivity contribution in [3.63, 3.8) is 0 Å². The molecule has 0 amide bonds. The van der Waals surface area contributed by atoms with Crippen molar-refractivity contribution < 1.29 is 0 Å². The molecule has 0 aliphatic carbocycles. The quantitative estimate of drug-likeness (QED) is 0.810. The van der Waals surface area contributed by atoms with Crippen LogP contribution in [-0.4, -0.2) is 30.6 Å². The summed E-state index contributed by atoms with van der Waals surface area (Å²) in [6.07, 6.45) is 6.57. The summed E-state index contributed by atoms with van der Waals surface area (Å²) in [5.41, 5.74) is 2.86. The molecule has 1 aliphatic rings. The van der Waals surface area contributed by atoms with Crippen LogP contribution in [0.5, 0.6) is 0 Å². The molecule has 1 aromatic rings. The molecule has 1 aromatic carbocycles. The minimum Gasteiger partial charge on any atom is -0.309 e. The van der Waals surface area contributed by atoms with Crippen molar-refractivity contribution in [3.8, 4) is 0 Å². The number of aryl methyl sites for hydroxylation is 1. The van der Waals surface area contributed by atoms with Gasteiger partial charge in [0, 0.05) is 18.6 Å². The largest absolute Gasteiger partial charge is 0.309 e. The first-order chi connectivity index (χ1) is 10.2. The zero-order valence-corrected chi connectivity index (χ0v) is 14.1. The first kappa shape index (κ1) is 16.5. The van der Waals surface area contributed by atoms with Crippen LogP contribution in [0.15, 0.2) is 24.3 Å². The molecule has 1 saturated heterocycles. The van der Waals surface area contributed by atoms with Gasteiger partial charge in [0.05, 0.1) is 0 Å². The second kappa shape index (κ2) is 8.55. The van der Waals surface area contributed by atoms with Gasteiger partial charge < -0.3 is 5.32 Å². The van der Waals surface area contributed by atoms with Crippen LogP contribution in [0.25, 0.3) is 0 Å². The Bertz CT molecular complexity index is 393. The van der Waals surface area contributed by atoms with Gasteiger partial charge in [0.25, 0.3) is 0 Å². The molecule has 1 aliphatic heterocycles. The number of likely N-dealkylation sites (tertiary alicyclic amines) is 1. The third-order valence-electron chi connectivity index (χ3n) is 4.75. The van der Waals surface area contributed by atoms with Gasteiger partial charge >= 0.3 is 0 Å². The molecule has 1 N–H and O–H groups in total. The van der Waals surface area contributed by atoms with Crippen LogP contribution in [0.1, 0.15) is 63.6 Å². The third kappa shape index (κ3) is 5.12. The molecule has 1 heterocycles. The molecule has 2 rings (SSSR count). The summed E-state index contributed by atoms with van der Waals surface area (Å²) < 4.78 is 0. The van der Waals surface area contributed by atoms with E-state index in [0.717, 1.165) is 6.54 Å². The summed E-state index contributed by atoms with van der Waals surface area (Å²) in [4.78, 5) is 2.63. The summed E-state index contributed by atoms with van der Waals surface area (Å²) in [6, 6.07) is 10.2. The predicted molar refractivity (Wildman–Crippen MR) is 91.7 cm³/mol. The summed E-state index contributed by atoms with van der Waals surface area (Å²) in [7, 11) is 0. The standard InChI is InChI=1S/C19H32N2/c1-4-8-18-9-11-19(12-10-18)17(3)20-15-16(2)21-13-6-5-7-14-21/h9-12,16-17,20H,4-8,13-15H2,1-3H3. The molecule has 0 saturated carbocycles. The highest BCUT2D eigenvalue weighted by molar-refractivity contribution is 5.24. The highest BCUT2D eigenvalue weighted by Gasteiger charge is 2.17. The highest BCUT2D eigenvalue weighted by Crippen LogP contribution is 2.16. The number of nitrogens with zero attached hydrogens (tertiary/aromatic N) is 1. The summed E-state index contributed by atoms with van der Waals surface area (Å²) in [6.45, 7) is 10.5. The SMILES string of the molecule is CCCc1ccc(C(C)NCC(C)N2CCCCC2)cc1. The van der Waals surface area contributed by atoms with E-state index in [9.17, 15) is 0 Å². The number of benzene rings is 1. The average Bonchev–Trinajstić information content (AvgIpc) is 2.54. The lowest BCUT2D eigenvalue weighted by Gasteiger charge is -2.33. The highest BCUT2D eigenvalue weighted by atomic mass is 15.2. The molecule has 0 bridgehead atoms. The Hall–Kier alpha value is -0.860. The van der Waals surface area contributed by atoms with E-state index in [0.29, 0.717) is 12.1 Å². The van der Waals surface area contributed by atoms with Crippen LogP contribution < -0.4 is 5.32 Å². The smallest absolute Gasteiger partial charge is 0.0292 e. The molecule has 2 atom stereocenters. The minimum atomic E-state index is 0.438. The van der Waals surface area contributed by atoms with Crippen LogP contribution in [0.4, 0.5) is 0 Å². The van der Waals surface area contributed by atoms with Crippen LogP contribution >= 0.6 is 0 Å². The van der Waals surface area contributed by atoms with Crippen molar-refractivity contribution in [2.75, 3.05) is 19.6 Å². The van der Waals surface area contributed by atoms with E-state index in [1.54, 1.807) is 0 Å². The number of nitrogens with one attached hydrogen (secondary N) is 1. The lowest BCUT2D eigenvalue weighted by Crippen LogP contribution is -2.43. The van der Waals surface area contributed by atoms with Crippen LogP contribution in [0, 0.1) is 0 Å². The molecule has 1 fully saturated rings. The Morgan fingerprint density at radius 2 is 1.71 bits per heavy atom. The molecular formula is C19H32N2. The number of hydrogen-bond donors (Lipinski definition) is 1. The molecule has 2 nitrogen and oxygen atoms in total. The van der Waals surface area contributed by atoms with E-state index in [-0.39, 0.29) is 0 Å². The van der Waals surface area contributed by atoms with Crippen molar-refractivity contribution in [2.24, 2.45) is 0 Å². The van der Waals surface area contributed by atoms with Gasteiger partial charge in [-0.1, -0.05) is 44.0 Å². The van der Waals surface area contributed by atoms with Crippen molar-refractivity contribution in [1.82, 2.24) is 10.2 Å². The zero-order chi connectivity index (χ0) is 15.1. The number of rotatable bonds is 7. The van der Waals surface area contributed by atoms with Gasteiger partial charge in [0.1, 0.15) is 0 Å². The van der Waals surface area contributed by atoms with Gasteiger partial charge in [0.15, 0.2) is 0 Å². The molecular weight excluding hydrogens is 256 g/mol. The summed E-state index contributed by atoms with van der Waals surface area (Å²) >= 11 is 0. The molecule has 0 aromatic heterocycles. The summed E-state index contributed by atoms with van der Waals surface area (Å²) in [5.74, 6) is 0. The van der Waals surface area contributed by atoms with Gasteiger partial charge in [-0.15, -0.1) is 0 Å². The normalized spacial score (nSPS) is 19.4. The van der Waals surface area contributed by atoms with E-state index in [2.05, 4.69) is 55.3 Å². The van der Waals surface area contributed by atoms with Crippen molar-refractivity contribution >= 4 is 0 Å². The predicted octanol–water partition coefficient (Wildman–Crippen LogP) is 4.16. The number of hydrogen-bond acceptors (Lipinski definition) is 2. The number of piperidine rings is 1. The van der Waals surface area contributed by atoms with E-state index >= 15 is 0 Å². The molecule has 2 heteroatoms. The second-order valence-electron chi connectivity index (χ2n) is 6.57. The van der Waals surface area contributed by atoms with Crippen molar-refractivity contribution in [1.29, 1.82) is 0 Å². The maximum absolute atomic E-state index is 3.71. The molecule has 21 heavy (non-hydrogen) atoms. The first-order valence-corrected chi connectivity index (χ1v) is 8.77. The van der Waals surface area contributed by atoms with Crippen molar-refractivity contribution in [2.45, 2.75) is 65.0 Å². The third-order valence-corrected chi connectivity index (χ3v) is 4.75. The Morgan fingerprint density at radius 3 is 2.33 bits per heavy atom. The fourth-order valence-electron chi connectivity index (χ4n) is 3.22. The van der Waals surface area contributed by atoms with Crippen LogP contribution in [0.2, 0.25) is 0 Å². The maximum atomic E-state index is 3.71. The fourth-order valence-corrected chi connectivity index (χ4v) is 3.22. The monoisotopic (exact) mass is 288 g/mol. The average molecular weight is 288 g/mol. The zero-order valence-electron chi connectivity index (χ0n) is 14.1. The Labute approximate surface area is 130 Å². The van der Waals surface area contributed by atoms with Crippen LogP contribution in [-0.2, 0) is 6.42 Å². The molecule has 2 unspecified atom stereocenters. The lowest BCUT2D eigenvalue weighted by molar-refractivity contribution is 0.168. The topological polar surface area (TPSA) is 15.3 Å². The fraction of sp³-hybridized carbons (Fsp3) is 0.684. The molecule has 0 spiro atoms. The van der Waals surface area contributed by atoms with E-state index in [4.69, 9.17) is 0 Å². The minimum absolute atomic E-state index is 0.438. The van der Waals surface area contributed by atoms with Gasteiger partial charge in [-0.25, -0.2) is 0 Å². The second-order valence-corrected chi connectivity index (χ2v) is 6.57. The van der Waals surface area contributed by atoms with E-state index < -0.39 is 0 Å². The first-order valence-electron chi connectivity index (χ1n) is 8.77. The van der Waals surface area contributed by atoms with Gasteiger partial charge in [-0.3, -0.25) is 4.90 Å². The Kier molecular flexibility index (Phi) is 6.72.